The van der Waals surface area contributed by atoms with Gasteiger partial charge in [-0.1, -0.05) is 0 Å². The molecule has 9 heavy (non-hydrogen) atoms. The molecule has 0 aromatic carbocycles. The van der Waals surface area contributed by atoms with E-state index in [4.69, 9.17) is 29.1 Å². The summed E-state index contributed by atoms with van der Waals surface area (Å²) in [6.07, 6.45) is 0. The number of hydrogen-bond acceptors (Lipinski definition) is 4. The fourth-order valence-electron chi connectivity index (χ4n) is 0. The molecule has 0 saturated carbocycles. The van der Waals surface area contributed by atoms with E-state index < -0.39 is 16.5 Å². The van der Waals surface area contributed by atoms with E-state index in [0.717, 1.165) is 0 Å². The van der Waals surface area contributed by atoms with Gasteiger partial charge >= 0.3 is 54.2 Å². The molecule has 52 valence electrons. The maximum Gasteiger partial charge on any atom is 2.00 e. The fraction of sp³-hybridized carbons (Fsp3) is 0. The Bertz CT molecular complexity index is 64.8. The van der Waals surface area contributed by atoms with E-state index in [1.807, 2.05) is 0 Å². The molecule has 9 heteroatoms. The molecule has 0 saturated heterocycles. The average Bonchev–Trinajstić information content (AvgIpc) is 1.25. The molecule has 0 bridgehead atoms. The predicted octanol–water partition coefficient (Wildman–Crippen LogP) is -3.82. The van der Waals surface area contributed by atoms with Gasteiger partial charge in [-0.15, -0.1) is 0 Å². The average molecular weight is 182 g/mol. The molecule has 6 nitrogen and oxygen atoms in total. The predicted molar refractivity (Wildman–Crippen MR) is 31.3 cm³/mol. The van der Waals surface area contributed by atoms with Gasteiger partial charge in [0.15, 0.2) is 0 Å². The molecule has 0 aromatic rings. The maximum atomic E-state index is 8.74. The van der Waals surface area contributed by atoms with Crippen molar-refractivity contribution in [2.45, 2.75) is 0 Å². The Balaban J connectivity index is -0.0000000171. The van der Waals surface area contributed by atoms with Crippen LogP contribution in [0.1, 0.15) is 2.85 Å². The van der Waals surface area contributed by atoms with E-state index in [1.54, 1.807) is 0 Å². The van der Waals surface area contributed by atoms with E-state index in [0.29, 0.717) is 0 Å². The monoisotopic (exact) mass is 182 g/mol. The van der Waals surface area contributed by atoms with Crippen LogP contribution in [0, 0.1) is 0 Å². The maximum absolute atomic E-state index is 8.74. The van der Waals surface area contributed by atoms with E-state index in [1.165, 1.54) is 0 Å². The molecular weight excluding hydrogens is 175 g/mol. The van der Waals surface area contributed by atoms with Crippen LogP contribution < -0.4 is 0 Å². The first-order valence-corrected chi connectivity index (χ1v) is 2.73. The molecule has 0 fully saturated rings. The third-order valence-corrected chi connectivity index (χ3v) is 0. The van der Waals surface area contributed by atoms with E-state index in [-0.39, 0.29) is 40.6 Å². The van der Waals surface area contributed by atoms with Gasteiger partial charge in [-0.25, -0.2) is 0 Å². The van der Waals surface area contributed by atoms with Gasteiger partial charge in [0.05, 0.1) is 0 Å². The molecule has 0 rings (SSSR count). The van der Waals surface area contributed by atoms with Gasteiger partial charge in [-0.05, 0) is 0 Å². The van der Waals surface area contributed by atoms with E-state index >= 15 is 0 Å². The number of rotatable bonds is 0. The minimum Gasteiger partial charge on any atom is -1.00 e. The molecule has 0 unspecified atom stereocenters. The second kappa shape index (κ2) is 11.6. The van der Waals surface area contributed by atoms with Crippen LogP contribution in [-0.4, -0.2) is 78.9 Å². The minimum absolute atomic E-state index is 0. The first-order valence-electron chi connectivity index (χ1n) is 1.43. The van der Waals surface area contributed by atoms with Crippen molar-refractivity contribution in [2.24, 2.45) is 0 Å². The molecule has 0 aromatic heterocycles. The quantitative estimate of drug-likeness (QED) is 0.245. The molecule has 0 amide bonds. The molecular formula is H7BCaO6Si. The summed E-state index contributed by atoms with van der Waals surface area (Å²) in [5, 5.41) is 21.5. The Morgan fingerprint density at radius 3 is 1.22 bits per heavy atom. The van der Waals surface area contributed by atoms with Crippen LogP contribution in [0.5, 0.6) is 0 Å². The summed E-state index contributed by atoms with van der Waals surface area (Å²) < 4.78 is 8.74. The molecule has 0 aliphatic rings. The first-order chi connectivity index (χ1) is 3.46. The number of hydrogen-bond donors (Lipinski definition) is 5. The van der Waals surface area contributed by atoms with Gasteiger partial charge in [0.25, 0.3) is 0 Å². The summed E-state index contributed by atoms with van der Waals surface area (Å²) in [4.78, 5) is 14.3. The van der Waals surface area contributed by atoms with Crippen molar-refractivity contribution in [3.05, 3.63) is 0 Å². The second-order valence-electron chi connectivity index (χ2n) is 0.629. The van der Waals surface area contributed by atoms with Crippen LogP contribution >= 0.6 is 0 Å². The molecule has 0 atom stereocenters. The van der Waals surface area contributed by atoms with Gasteiger partial charge in [-0.2, -0.15) is 0 Å². The van der Waals surface area contributed by atoms with E-state index in [9.17, 15) is 0 Å². The van der Waals surface area contributed by atoms with Crippen molar-refractivity contribution in [3.63, 3.8) is 0 Å². The van der Waals surface area contributed by atoms with Crippen LogP contribution in [0.4, 0.5) is 0 Å². The zero-order valence-corrected chi connectivity index (χ0v) is 7.64. The standard InChI is InChI=1S/BH3O3.Ca.H2O3Si.2H/c2-1(3)4;;1-4(2)3;;/h2-4H;;1-2H;;/q;+2;;2*-1. The molecule has 0 heterocycles. The van der Waals surface area contributed by atoms with Gasteiger partial charge in [0.1, 0.15) is 0 Å². The van der Waals surface area contributed by atoms with Crippen LogP contribution in [0.25, 0.3) is 0 Å². The minimum atomic E-state index is -3.13. The van der Waals surface area contributed by atoms with Crippen LogP contribution in [-0.2, 0) is 4.46 Å². The molecule has 0 aliphatic heterocycles. The Morgan fingerprint density at radius 1 is 1.22 bits per heavy atom. The molecule has 0 aliphatic carbocycles. The van der Waals surface area contributed by atoms with Crippen molar-refractivity contribution in [3.8, 4) is 0 Å². The molecule has 0 radical (unpaired) electrons. The summed E-state index contributed by atoms with van der Waals surface area (Å²) in [5.74, 6) is 0. The molecule has 5 N–H and O–H groups in total. The van der Waals surface area contributed by atoms with E-state index in [2.05, 4.69) is 0 Å². The zero-order chi connectivity index (χ0) is 7.15. The molecule has 0 spiro atoms. The summed E-state index contributed by atoms with van der Waals surface area (Å²) in [6, 6.07) is 0. The van der Waals surface area contributed by atoms with Gasteiger partial charge in [0.2, 0.25) is 0 Å². The zero-order valence-electron chi connectivity index (χ0n) is 6.43. The van der Waals surface area contributed by atoms with Crippen molar-refractivity contribution in [1.29, 1.82) is 0 Å². The van der Waals surface area contributed by atoms with Crippen molar-refractivity contribution >= 4 is 54.2 Å². The Hall–Kier alpha value is 0.822. The fourth-order valence-corrected chi connectivity index (χ4v) is 0. The third-order valence-electron chi connectivity index (χ3n) is 0. The van der Waals surface area contributed by atoms with Crippen molar-refractivity contribution in [1.82, 2.24) is 0 Å². The normalized spacial score (nSPS) is 5.67. The van der Waals surface area contributed by atoms with Crippen LogP contribution in [0.3, 0.4) is 0 Å². The Morgan fingerprint density at radius 2 is 1.22 bits per heavy atom. The first kappa shape index (κ1) is 16.4. The van der Waals surface area contributed by atoms with Gasteiger partial charge < -0.3 is 27.5 Å². The van der Waals surface area contributed by atoms with Gasteiger partial charge in [-0.3, -0.25) is 4.46 Å². The van der Waals surface area contributed by atoms with Gasteiger partial charge in [0, 0.05) is 0 Å². The Labute approximate surface area is 85.8 Å². The summed E-state index contributed by atoms with van der Waals surface area (Å²) in [5.41, 5.74) is 0. The van der Waals surface area contributed by atoms with Crippen LogP contribution in [0.2, 0.25) is 0 Å². The third kappa shape index (κ3) is 608. The van der Waals surface area contributed by atoms with Crippen LogP contribution in [0.15, 0.2) is 0 Å². The Kier molecular flexibility index (Phi) is 21.2. The smallest absolute Gasteiger partial charge is 1.00 e. The summed E-state index contributed by atoms with van der Waals surface area (Å²) in [7, 11) is -5.30. The van der Waals surface area contributed by atoms with Crippen molar-refractivity contribution < 1.29 is 32.0 Å². The summed E-state index contributed by atoms with van der Waals surface area (Å²) >= 11 is 0. The SMILES string of the molecule is O=[Si](O)O.OB(O)O.[Ca+2].[H-].[H-]. The van der Waals surface area contributed by atoms with Crippen molar-refractivity contribution in [2.75, 3.05) is 0 Å². The largest absolute Gasteiger partial charge is 2.00 e. The summed E-state index contributed by atoms with van der Waals surface area (Å²) in [6.45, 7) is 0. The second-order valence-corrected chi connectivity index (χ2v) is 1.19. The topological polar surface area (TPSA) is 118 Å².